The molecule has 0 saturated carbocycles. The Morgan fingerprint density at radius 2 is 2.00 bits per heavy atom. The van der Waals surface area contributed by atoms with Crippen LogP contribution in [0.4, 0.5) is 0 Å². The highest BCUT2D eigenvalue weighted by Gasteiger charge is 2.17. The lowest BCUT2D eigenvalue weighted by atomic mass is 10.2. The van der Waals surface area contributed by atoms with Crippen molar-refractivity contribution in [3.8, 4) is 0 Å². The molecule has 1 rings (SSSR count). The van der Waals surface area contributed by atoms with Gasteiger partial charge in [0.05, 0.1) is 6.61 Å². The highest BCUT2D eigenvalue weighted by molar-refractivity contribution is 5.93. The third-order valence-electron chi connectivity index (χ3n) is 1.67. The quantitative estimate of drug-likeness (QED) is 0.698. The number of hydrogen-bond acceptors (Lipinski definition) is 4. The number of carbonyl (C=O) groups excluding carboxylic acids is 1. The average molecular weight is 211 g/mol. The van der Waals surface area contributed by atoms with Crippen molar-refractivity contribution in [2.45, 2.75) is 6.92 Å². The average Bonchev–Trinajstić information content (AvgIpc) is 2.17. The van der Waals surface area contributed by atoms with Gasteiger partial charge in [-0.05, 0) is 6.92 Å². The molecule has 1 heterocycles. The molecule has 6 heteroatoms. The number of carbonyl (C=O) groups is 2. The largest absolute Gasteiger partial charge is 0.477 e. The number of rotatable bonds is 3. The number of aromatic amines is 1. The van der Waals surface area contributed by atoms with E-state index in [9.17, 15) is 14.4 Å². The van der Waals surface area contributed by atoms with E-state index in [1.54, 1.807) is 6.92 Å². The van der Waals surface area contributed by atoms with E-state index in [-0.39, 0.29) is 12.2 Å². The Morgan fingerprint density at radius 3 is 2.53 bits per heavy atom. The SMILES string of the molecule is CCOC(=O)c1c[nH]cc(C(=O)O)c1=O. The molecule has 1 aromatic rings. The number of H-pyrrole nitrogens is 1. The second-order valence-electron chi connectivity index (χ2n) is 2.64. The van der Waals surface area contributed by atoms with Crippen molar-refractivity contribution in [2.75, 3.05) is 6.61 Å². The van der Waals surface area contributed by atoms with Gasteiger partial charge in [-0.25, -0.2) is 9.59 Å². The second kappa shape index (κ2) is 4.41. The monoisotopic (exact) mass is 211 g/mol. The van der Waals surface area contributed by atoms with Crippen LogP contribution in [0.2, 0.25) is 0 Å². The van der Waals surface area contributed by atoms with Crippen LogP contribution in [0, 0.1) is 0 Å². The molecule has 0 bridgehead atoms. The minimum absolute atomic E-state index is 0.121. The summed E-state index contributed by atoms with van der Waals surface area (Å²) in [6.45, 7) is 1.71. The van der Waals surface area contributed by atoms with E-state index in [1.165, 1.54) is 0 Å². The lowest BCUT2D eigenvalue weighted by Gasteiger charge is -2.01. The zero-order chi connectivity index (χ0) is 11.4. The van der Waals surface area contributed by atoms with Gasteiger partial charge >= 0.3 is 11.9 Å². The van der Waals surface area contributed by atoms with Crippen LogP contribution < -0.4 is 5.43 Å². The van der Waals surface area contributed by atoms with E-state index < -0.39 is 22.9 Å². The Kier molecular flexibility index (Phi) is 3.22. The fraction of sp³-hybridized carbons (Fsp3) is 0.222. The van der Waals surface area contributed by atoms with Crippen LogP contribution in [-0.4, -0.2) is 28.6 Å². The van der Waals surface area contributed by atoms with E-state index in [0.29, 0.717) is 0 Å². The summed E-state index contributed by atoms with van der Waals surface area (Å²) in [6, 6.07) is 0. The Morgan fingerprint density at radius 1 is 1.40 bits per heavy atom. The lowest BCUT2D eigenvalue weighted by molar-refractivity contribution is 0.0524. The molecule has 15 heavy (non-hydrogen) atoms. The molecule has 0 amide bonds. The predicted molar refractivity (Wildman–Crippen MR) is 50.0 cm³/mol. The molecule has 2 N–H and O–H groups in total. The highest BCUT2D eigenvalue weighted by atomic mass is 16.5. The maximum absolute atomic E-state index is 11.4. The molecule has 0 saturated heterocycles. The molecule has 0 aliphatic rings. The highest BCUT2D eigenvalue weighted by Crippen LogP contribution is 1.97. The van der Waals surface area contributed by atoms with Gasteiger partial charge in [0.15, 0.2) is 0 Å². The molecule has 0 spiro atoms. The Balaban J connectivity index is 3.21. The summed E-state index contributed by atoms with van der Waals surface area (Å²) in [4.78, 5) is 35.6. The molecular formula is C9H9NO5. The predicted octanol–water partition coefficient (Wildman–Crippen LogP) is 0.250. The van der Waals surface area contributed by atoms with E-state index in [4.69, 9.17) is 5.11 Å². The third-order valence-corrected chi connectivity index (χ3v) is 1.67. The van der Waals surface area contributed by atoms with Crippen molar-refractivity contribution in [1.29, 1.82) is 0 Å². The number of hydrogen-bond donors (Lipinski definition) is 2. The van der Waals surface area contributed by atoms with E-state index in [2.05, 4.69) is 9.72 Å². The summed E-state index contributed by atoms with van der Waals surface area (Å²) >= 11 is 0. The van der Waals surface area contributed by atoms with Gasteiger partial charge < -0.3 is 14.8 Å². The first kappa shape index (κ1) is 11.0. The minimum Gasteiger partial charge on any atom is -0.477 e. The fourth-order valence-corrected chi connectivity index (χ4v) is 1.00. The van der Waals surface area contributed by atoms with Gasteiger partial charge in [-0.2, -0.15) is 0 Å². The van der Waals surface area contributed by atoms with Crippen LogP contribution in [0.5, 0.6) is 0 Å². The van der Waals surface area contributed by atoms with Crippen LogP contribution in [0.15, 0.2) is 17.2 Å². The van der Waals surface area contributed by atoms with E-state index in [1.807, 2.05) is 0 Å². The van der Waals surface area contributed by atoms with Gasteiger partial charge in [-0.3, -0.25) is 4.79 Å². The second-order valence-corrected chi connectivity index (χ2v) is 2.64. The van der Waals surface area contributed by atoms with Crippen molar-refractivity contribution >= 4 is 11.9 Å². The zero-order valence-corrected chi connectivity index (χ0v) is 7.94. The summed E-state index contributed by atoms with van der Waals surface area (Å²) in [7, 11) is 0. The standard InChI is InChI=1S/C9H9NO5/c1-2-15-9(14)6-4-10-3-5(7(6)11)8(12)13/h3-4H,2H2,1H3,(H,10,11)(H,12,13). The van der Waals surface area contributed by atoms with Gasteiger partial charge in [0.1, 0.15) is 11.1 Å². The fourth-order valence-electron chi connectivity index (χ4n) is 1.00. The Labute approximate surface area is 84.5 Å². The van der Waals surface area contributed by atoms with Crippen molar-refractivity contribution in [1.82, 2.24) is 4.98 Å². The van der Waals surface area contributed by atoms with Gasteiger partial charge in [0.2, 0.25) is 5.43 Å². The van der Waals surface area contributed by atoms with Crippen molar-refractivity contribution in [3.63, 3.8) is 0 Å². The van der Waals surface area contributed by atoms with Crippen molar-refractivity contribution in [3.05, 3.63) is 33.7 Å². The number of carboxylic acid groups (broad SMARTS) is 1. The maximum Gasteiger partial charge on any atom is 0.343 e. The number of aromatic carboxylic acids is 1. The van der Waals surface area contributed by atoms with E-state index in [0.717, 1.165) is 12.4 Å². The number of nitrogens with one attached hydrogen (secondary N) is 1. The molecule has 6 nitrogen and oxygen atoms in total. The number of pyridine rings is 1. The first-order valence-electron chi connectivity index (χ1n) is 4.19. The minimum atomic E-state index is -1.39. The first-order chi connectivity index (χ1) is 7.07. The lowest BCUT2D eigenvalue weighted by Crippen LogP contribution is -2.23. The van der Waals surface area contributed by atoms with Crippen LogP contribution >= 0.6 is 0 Å². The van der Waals surface area contributed by atoms with Crippen LogP contribution in [-0.2, 0) is 4.74 Å². The normalized spacial score (nSPS) is 9.67. The zero-order valence-electron chi connectivity index (χ0n) is 7.94. The van der Waals surface area contributed by atoms with Gasteiger partial charge in [0, 0.05) is 12.4 Å². The number of ether oxygens (including phenoxy) is 1. The molecular weight excluding hydrogens is 202 g/mol. The third kappa shape index (κ3) is 2.22. The molecule has 0 aliphatic carbocycles. The van der Waals surface area contributed by atoms with Gasteiger partial charge in [-0.1, -0.05) is 0 Å². The van der Waals surface area contributed by atoms with Crippen molar-refractivity contribution in [2.24, 2.45) is 0 Å². The van der Waals surface area contributed by atoms with Crippen LogP contribution in [0.25, 0.3) is 0 Å². The Hall–Kier alpha value is -2.11. The summed E-state index contributed by atoms with van der Waals surface area (Å²) in [5, 5.41) is 8.63. The van der Waals surface area contributed by atoms with Crippen LogP contribution in [0.1, 0.15) is 27.6 Å². The molecule has 0 atom stereocenters. The maximum atomic E-state index is 11.4. The number of aromatic nitrogens is 1. The van der Waals surface area contributed by atoms with Gasteiger partial charge in [-0.15, -0.1) is 0 Å². The number of esters is 1. The molecule has 1 aromatic heterocycles. The summed E-state index contributed by atoms with van der Waals surface area (Å²) in [5.41, 5.74) is -1.64. The first-order valence-corrected chi connectivity index (χ1v) is 4.19. The summed E-state index contributed by atoms with van der Waals surface area (Å²) in [6.07, 6.45) is 2.14. The Bertz CT molecular complexity index is 448. The summed E-state index contributed by atoms with van der Waals surface area (Å²) in [5.74, 6) is -2.22. The van der Waals surface area contributed by atoms with Crippen molar-refractivity contribution < 1.29 is 19.4 Å². The molecule has 0 aromatic carbocycles. The van der Waals surface area contributed by atoms with Crippen LogP contribution in [0.3, 0.4) is 0 Å². The topological polar surface area (TPSA) is 96.5 Å². The summed E-state index contributed by atoms with van der Waals surface area (Å²) < 4.78 is 4.59. The smallest absolute Gasteiger partial charge is 0.343 e. The number of carboxylic acids is 1. The molecule has 0 radical (unpaired) electrons. The molecule has 0 aliphatic heterocycles. The molecule has 0 unspecified atom stereocenters. The molecule has 80 valence electrons. The molecule has 0 fully saturated rings. The van der Waals surface area contributed by atoms with E-state index >= 15 is 0 Å². The van der Waals surface area contributed by atoms with Gasteiger partial charge in [0.25, 0.3) is 0 Å².